The van der Waals surface area contributed by atoms with Gasteiger partial charge < -0.3 is 0 Å². The van der Waals surface area contributed by atoms with Gasteiger partial charge in [-0.3, -0.25) is 0 Å². The second-order valence-corrected chi connectivity index (χ2v) is 3.96. The Hall–Kier alpha value is -0.400. The lowest BCUT2D eigenvalue weighted by molar-refractivity contribution is 1.46. The Bertz CT molecular complexity index is 268. The minimum Gasteiger partial charge on any atom is -0.0954 e. The molecule has 0 aliphatic rings. The molecule has 1 radical (unpaired) electrons. The first kappa shape index (κ1) is 8.69. The molecule has 0 aromatic heterocycles. The summed E-state index contributed by atoms with van der Waals surface area (Å²) in [6.45, 7) is 5.76. The van der Waals surface area contributed by atoms with E-state index in [4.69, 9.17) is 11.6 Å². The summed E-state index contributed by atoms with van der Waals surface area (Å²) in [4.78, 5) is 2.17. The molecule has 1 rings (SSSR count). The zero-order chi connectivity index (χ0) is 8.27. The number of rotatable bonds is 2. The summed E-state index contributed by atoms with van der Waals surface area (Å²) in [5.74, 6) is 0. The third-order valence-electron chi connectivity index (χ3n) is 1.03. The van der Waals surface area contributed by atoms with Gasteiger partial charge in [0.15, 0.2) is 0 Å². The third-order valence-corrected chi connectivity index (χ3v) is 2.09. The summed E-state index contributed by atoms with van der Waals surface area (Å²) in [5.41, 5.74) is 0. The Labute approximate surface area is 76.3 Å². The molecule has 0 spiro atoms. The van der Waals surface area contributed by atoms with Crippen LogP contribution in [0.5, 0.6) is 0 Å². The van der Waals surface area contributed by atoms with Crippen LogP contribution in [0.4, 0.5) is 0 Å². The van der Waals surface area contributed by atoms with Gasteiger partial charge in [-0.15, -0.1) is 0 Å². The highest BCUT2D eigenvalue weighted by Gasteiger charge is 1.94. The highest BCUT2D eigenvalue weighted by atomic mass is 35.5. The minimum atomic E-state index is 0.649. The first-order valence-corrected chi connectivity index (χ1v) is 4.38. The molecule has 0 atom stereocenters. The molecule has 0 N–H and O–H groups in total. The van der Waals surface area contributed by atoms with Crippen LogP contribution in [0, 0.1) is 6.07 Å². The molecule has 2 heteroatoms. The van der Waals surface area contributed by atoms with E-state index in [0.29, 0.717) is 5.02 Å². The van der Waals surface area contributed by atoms with E-state index < -0.39 is 0 Å². The van der Waals surface area contributed by atoms with Crippen molar-refractivity contribution < 1.29 is 0 Å². The smallest absolute Gasteiger partial charge is 0.0496 e. The molecule has 0 amide bonds. The molecular weight excluding hydrogens is 176 g/mol. The summed E-state index contributed by atoms with van der Waals surface area (Å²) in [7, 11) is 0. The Balaban J connectivity index is 2.79. The van der Waals surface area contributed by atoms with Gasteiger partial charge in [0, 0.05) is 16.0 Å². The molecule has 0 fully saturated rings. The van der Waals surface area contributed by atoms with Crippen LogP contribution in [0.15, 0.2) is 34.6 Å². The molecule has 0 nitrogen and oxygen atoms in total. The standard InChI is InChI=1S/C9H8ClS/c1-7(2)11-9-5-3-4-8(10)6-9/h3,5-6H,1H2,2H3. The molecule has 0 heterocycles. The molecular formula is C9H8ClS. The zero-order valence-corrected chi connectivity index (χ0v) is 7.80. The summed E-state index contributed by atoms with van der Waals surface area (Å²) in [6.07, 6.45) is 0. The van der Waals surface area contributed by atoms with Crippen molar-refractivity contribution in [1.29, 1.82) is 0 Å². The molecule has 11 heavy (non-hydrogen) atoms. The van der Waals surface area contributed by atoms with E-state index in [1.54, 1.807) is 11.8 Å². The molecule has 1 aromatic carbocycles. The van der Waals surface area contributed by atoms with Gasteiger partial charge in [-0.25, -0.2) is 0 Å². The van der Waals surface area contributed by atoms with Crippen LogP contribution in [0.25, 0.3) is 0 Å². The van der Waals surface area contributed by atoms with Crippen LogP contribution < -0.4 is 0 Å². The van der Waals surface area contributed by atoms with E-state index in [1.165, 1.54) is 0 Å². The maximum Gasteiger partial charge on any atom is 0.0496 e. The maximum absolute atomic E-state index is 5.73. The topological polar surface area (TPSA) is 0 Å². The van der Waals surface area contributed by atoms with Crippen molar-refractivity contribution in [3.8, 4) is 0 Å². The van der Waals surface area contributed by atoms with Crippen LogP contribution in [0.2, 0.25) is 5.02 Å². The molecule has 0 aliphatic carbocycles. The predicted molar refractivity (Wildman–Crippen MR) is 51.0 cm³/mol. The lowest BCUT2D eigenvalue weighted by atomic mass is 10.4. The summed E-state index contributed by atoms with van der Waals surface area (Å²) < 4.78 is 0. The number of thioether (sulfide) groups is 1. The minimum absolute atomic E-state index is 0.649. The average Bonchev–Trinajstić information content (AvgIpc) is 1.85. The number of halogens is 1. The second kappa shape index (κ2) is 3.84. The van der Waals surface area contributed by atoms with E-state index in [-0.39, 0.29) is 0 Å². The Morgan fingerprint density at radius 3 is 3.00 bits per heavy atom. The second-order valence-electron chi connectivity index (χ2n) is 2.18. The van der Waals surface area contributed by atoms with Gasteiger partial charge in [0.05, 0.1) is 0 Å². The van der Waals surface area contributed by atoms with E-state index in [1.807, 2.05) is 25.1 Å². The fraction of sp³-hybridized carbons (Fsp3) is 0.111. The van der Waals surface area contributed by atoms with Crippen molar-refractivity contribution in [3.05, 3.63) is 40.8 Å². The SMILES string of the molecule is C=C(C)Sc1cc[c]c(Cl)c1. The molecule has 57 valence electrons. The van der Waals surface area contributed by atoms with Crippen molar-refractivity contribution in [1.82, 2.24) is 0 Å². The normalized spacial score (nSPS) is 9.64. The monoisotopic (exact) mass is 183 g/mol. The van der Waals surface area contributed by atoms with E-state index in [2.05, 4.69) is 12.6 Å². The van der Waals surface area contributed by atoms with Gasteiger partial charge in [-0.2, -0.15) is 0 Å². The first-order chi connectivity index (χ1) is 5.18. The van der Waals surface area contributed by atoms with Crippen LogP contribution in [0.1, 0.15) is 6.92 Å². The molecule has 0 aliphatic heterocycles. The lowest BCUT2D eigenvalue weighted by Crippen LogP contribution is -1.70. The van der Waals surface area contributed by atoms with Gasteiger partial charge in [-0.1, -0.05) is 36.0 Å². The first-order valence-electron chi connectivity index (χ1n) is 3.19. The van der Waals surface area contributed by atoms with Crippen molar-refractivity contribution >= 4 is 23.4 Å². The highest BCUT2D eigenvalue weighted by molar-refractivity contribution is 8.03. The number of hydrogen-bond acceptors (Lipinski definition) is 1. The fourth-order valence-electron chi connectivity index (χ4n) is 0.683. The summed E-state index contributed by atoms with van der Waals surface area (Å²) in [5, 5.41) is 0.649. The average molecular weight is 184 g/mol. The number of allylic oxidation sites excluding steroid dienone is 1. The van der Waals surface area contributed by atoms with Gasteiger partial charge in [0.25, 0.3) is 0 Å². The largest absolute Gasteiger partial charge is 0.0954 e. The maximum atomic E-state index is 5.73. The van der Waals surface area contributed by atoms with Gasteiger partial charge >= 0.3 is 0 Å². The molecule has 0 saturated heterocycles. The molecule has 1 aromatic rings. The Morgan fingerprint density at radius 2 is 2.45 bits per heavy atom. The molecule has 0 unspecified atom stereocenters. The van der Waals surface area contributed by atoms with Crippen molar-refractivity contribution in [2.24, 2.45) is 0 Å². The van der Waals surface area contributed by atoms with Crippen LogP contribution >= 0.6 is 23.4 Å². The number of benzene rings is 1. The quantitative estimate of drug-likeness (QED) is 0.630. The third kappa shape index (κ3) is 3.00. The van der Waals surface area contributed by atoms with Crippen LogP contribution in [-0.2, 0) is 0 Å². The van der Waals surface area contributed by atoms with E-state index in [9.17, 15) is 0 Å². The molecule has 0 saturated carbocycles. The van der Waals surface area contributed by atoms with Crippen molar-refractivity contribution in [3.63, 3.8) is 0 Å². The zero-order valence-electron chi connectivity index (χ0n) is 6.23. The van der Waals surface area contributed by atoms with E-state index >= 15 is 0 Å². The van der Waals surface area contributed by atoms with Crippen LogP contribution in [0.3, 0.4) is 0 Å². The fourth-order valence-corrected chi connectivity index (χ4v) is 1.64. The summed E-state index contributed by atoms with van der Waals surface area (Å²) >= 11 is 7.34. The highest BCUT2D eigenvalue weighted by Crippen LogP contribution is 2.26. The summed E-state index contributed by atoms with van der Waals surface area (Å²) in [6, 6.07) is 8.52. The number of hydrogen-bond donors (Lipinski definition) is 0. The predicted octanol–water partition coefficient (Wildman–Crippen LogP) is 3.77. The van der Waals surface area contributed by atoms with Gasteiger partial charge in [0.2, 0.25) is 0 Å². The molecule has 0 bridgehead atoms. The Kier molecular flexibility index (Phi) is 3.03. The van der Waals surface area contributed by atoms with Gasteiger partial charge in [-0.05, 0) is 24.0 Å². The lowest BCUT2D eigenvalue weighted by Gasteiger charge is -1.98. The van der Waals surface area contributed by atoms with Crippen molar-refractivity contribution in [2.75, 3.05) is 0 Å². The van der Waals surface area contributed by atoms with Crippen molar-refractivity contribution in [2.45, 2.75) is 11.8 Å². The van der Waals surface area contributed by atoms with E-state index in [0.717, 1.165) is 9.80 Å². The van der Waals surface area contributed by atoms with Crippen LogP contribution in [-0.4, -0.2) is 0 Å². The Morgan fingerprint density at radius 1 is 1.73 bits per heavy atom. The van der Waals surface area contributed by atoms with Gasteiger partial charge in [0.1, 0.15) is 0 Å².